The van der Waals surface area contributed by atoms with Gasteiger partial charge in [-0.2, -0.15) is 0 Å². The number of nitrogens with two attached hydrogens (primary N) is 2. The van der Waals surface area contributed by atoms with E-state index < -0.39 is 23.5 Å². The lowest BCUT2D eigenvalue weighted by Crippen LogP contribution is -2.22. The van der Waals surface area contributed by atoms with Gasteiger partial charge in [-0.15, -0.1) is 0 Å². The van der Waals surface area contributed by atoms with Crippen molar-refractivity contribution in [3.63, 3.8) is 0 Å². The molecule has 0 aliphatic carbocycles. The number of rotatable bonds is 2. The Morgan fingerprint density at radius 3 is 2.31 bits per heavy atom. The van der Waals surface area contributed by atoms with Crippen LogP contribution < -0.4 is 11.5 Å². The van der Waals surface area contributed by atoms with Gasteiger partial charge in [0, 0.05) is 18.2 Å². The van der Waals surface area contributed by atoms with E-state index in [4.69, 9.17) is 11.5 Å². The predicted molar refractivity (Wildman–Crippen MR) is 42.3 cm³/mol. The molecule has 0 unspecified atom stereocenters. The van der Waals surface area contributed by atoms with Gasteiger partial charge >= 0.3 is 0 Å². The summed E-state index contributed by atoms with van der Waals surface area (Å²) in [6.45, 7) is -0.0258. The normalized spacial score (nSPS) is 13.0. The molecule has 1 rings (SSSR count). The molecular weight excluding hydrogens is 181 g/mol. The molecule has 0 bridgehead atoms. The quantitative estimate of drug-likeness (QED) is 0.685. The molecule has 2 nitrogen and oxygen atoms in total. The van der Waals surface area contributed by atoms with Gasteiger partial charge in [-0.05, 0) is 6.07 Å². The molecule has 4 N–H and O–H groups in total. The molecule has 0 saturated carbocycles. The van der Waals surface area contributed by atoms with Gasteiger partial charge in [0.2, 0.25) is 0 Å². The standard InChI is InChI=1S/C8H9F3N2/c9-5-2-1-4(6(13)3-12)7(10)8(5)11/h1-2,6H,3,12-13H2/t6-/m1/s1. The van der Waals surface area contributed by atoms with Crippen LogP contribution in [0.15, 0.2) is 12.1 Å². The highest BCUT2D eigenvalue weighted by atomic mass is 19.2. The van der Waals surface area contributed by atoms with E-state index in [1.165, 1.54) is 0 Å². The Balaban J connectivity index is 3.18. The molecule has 13 heavy (non-hydrogen) atoms. The van der Waals surface area contributed by atoms with E-state index in [0.717, 1.165) is 12.1 Å². The Morgan fingerprint density at radius 2 is 1.77 bits per heavy atom. The smallest absolute Gasteiger partial charge is 0.194 e. The van der Waals surface area contributed by atoms with Crippen LogP contribution in [-0.2, 0) is 0 Å². The fourth-order valence-electron chi connectivity index (χ4n) is 0.954. The van der Waals surface area contributed by atoms with E-state index in [2.05, 4.69) is 0 Å². The number of benzene rings is 1. The lowest BCUT2D eigenvalue weighted by molar-refractivity contribution is 0.436. The summed E-state index contributed by atoms with van der Waals surface area (Å²) < 4.78 is 38.0. The van der Waals surface area contributed by atoms with Gasteiger partial charge in [0.15, 0.2) is 17.5 Å². The van der Waals surface area contributed by atoms with Crippen LogP contribution in [-0.4, -0.2) is 6.54 Å². The molecule has 0 heterocycles. The van der Waals surface area contributed by atoms with Crippen molar-refractivity contribution in [3.8, 4) is 0 Å². The molecular formula is C8H9F3N2. The summed E-state index contributed by atoms with van der Waals surface area (Å²) in [5, 5.41) is 0. The Labute approximate surface area is 73.3 Å². The summed E-state index contributed by atoms with van der Waals surface area (Å²) in [5.74, 6) is -4.01. The summed E-state index contributed by atoms with van der Waals surface area (Å²) in [6, 6.07) is 1.10. The molecule has 0 saturated heterocycles. The summed E-state index contributed by atoms with van der Waals surface area (Å²) in [6.07, 6.45) is 0. The SMILES string of the molecule is NC[C@@H](N)c1ccc(F)c(F)c1F. The fraction of sp³-hybridized carbons (Fsp3) is 0.250. The topological polar surface area (TPSA) is 52.0 Å². The maximum Gasteiger partial charge on any atom is 0.194 e. The Morgan fingerprint density at radius 1 is 1.15 bits per heavy atom. The molecule has 1 atom stereocenters. The molecule has 5 heteroatoms. The van der Waals surface area contributed by atoms with Gasteiger partial charge < -0.3 is 11.5 Å². The second kappa shape index (κ2) is 3.76. The van der Waals surface area contributed by atoms with Crippen LogP contribution in [0.5, 0.6) is 0 Å². The average molecular weight is 190 g/mol. The molecule has 0 fully saturated rings. The molecule has 1 aromatic rings. The van der Waals surface area contributed by atoms with Crippen LogP contribution in [0.1, 0.15) is 11.6 Å². The molecule has 72 valence electrons. The first-order valence-electron chi connectivity index (χ1n) is 3.67. The zero-order valence-electron chi connectivity index (χ0n) is 6.73. The Hall–Kier alpha value is -1.07. The summed E-state index contributed by atoms with van der Waals surface area (Å²) in [5.41, 5.74) is 10.4. The van der Waals surface area contributed by atoms with Crippen molar-refractivity contribution in [2.75, 3.05) is 6.54 Å². The predicted octanol–water partition coefficient (Wildman–Crippen LogP) is 1.06. The molecule has 0 radical (unpaired) electrons. The fourth-order valence-corrected chi connectivity index (χ4v) is 0.954. The van der Waals surface area contributed by atoms with E-state index in [9.17, 15) is 13.2 Å². The zero-order chi connectivity index (χ0) is 10.0. The molecule has 0 aromatic heterocycles. The summed E-state index contributed by atoms with van der Waals surface area (Å²) in [4.78, 5) is 0. The largest absolute Gasteiger partial charge is 0.329 e. The van der Waals surface area contributed by atoms with Crippen LogP contribution in [0.3, 0.4) is 0 Å². The summed E-state index contributed by atoms with van der Waals surface area (Å²) in [7, 11) is 0. The summed E-state index contributed by atoms with van der Waals surface area (Å²) >= 11 is 0. The van der Waals surface area contributed by atoms with Crippen LogP contribution >= 0.6 is 0 Å². The van der Waals surface area contributed by atoms with Crippen LogP contribution in [0.4, 0.5) is 13.2 Å². The van der Waals surface area contributed by atoms with E-state index >= 15 is 0 Å². The van der Waals surface area contributed by atoms with Crippen molar-refractivity contribution in [1.29, 1.82) is 0 Å². The first kappa shape index (κ1) is 10.0. The van der Waals surface area contributed by atoms with Crippen LogP contribution in [0.2, 0.25) is 0 Å². The second-order valence-electron chi connectivity index (χ2n) is 2.61. The Kier molecular flexibility index (Phi) is 2.90. The van der Waals surface area contributed by atoms with Crippen molar-refractivity contribution < 1.29 is 13.2 Å². The maximum atomic E-state index is 12.9. The van der Waals surface area contributed by atoms with Crippen LogP contribution in [0.25, 0.3) is 0 Å². The minimum absolute atomic E-state index is 0.0258. The van der Waals surface area contributed by atoms with Crippen molar-refractivity contribution in [1.82, 2.24) is 0 Å². The molecule has 1 aromatic carbocycles. The van der Waals surface area contributed by atoms with Gasteiger partial charge in [0.25, 0.3) is 0 Å². The van der Waals surface area contributed by atoms with Crippen molar-refractivity contribution in [2.45, 2.75) is 6.04 Å². The maximum absolute atomic E-state index is 12.9. The highest BCUT2D eigenvalue weighted by Crippen LogP contribution is 2.19. The van der Waals surface area contributed by atoms with Crippen molar-refractivity contribution in [3.05, 3.63) is 35.1 Å². The number of hydrogen-bond donors (Lipinski definition) is 2. The second-order valence-corrected chi connectivity index (χ2v) is 2.61. The first-order chi connectivity index (χ1) is 6.07. The van der Waals surface area contributed by atoms with Gasteiger partial charge in [-0.1, -0.05) is 6.07 Å². The van der Waals surface area contributed by atoms with Gasteiger partial charge in [0.05, 0.1) is 0 Å². The number of hydrogen-bond acceptors (Lipinski definition) is 2. The van der Waals surface area contributed by atoms with Gasteiger partial charge in [0.1, 0.15) is 0 Å². The monoisotopic (exact) mass is 190 g/mol. The van der Waals surface area contributed by atoms with Crippen LogP contribution in [0, 0.1) is 17.5 Å². The molecule has 0 aliphatic rings. The van der Waals surface area contributed by atoms with E-state index in [0.29, 0.717) is 0 Å². The lowest BCUT2D eigenvalue weighted by Gasteiger charge is -2.10. The molecule has 0 spiro atoms. The third-order valence-corrected chi connectivity index (χ3v) is 1.72. The molecule has 0 aliphatic heterocycles. The highest BCUT2D eigenvalue weighted by molar-refractivity contribution is 5.23. The average Bonchev–Trinajstić information content (AvgIpc) is 2.13. The Bertz CT molecular complexity index is 315. The highest BCUT2D eigenvalue weighted by Gasteiger charge is 2.16. The van der Waals surface area contributed by atoms with E-state index in [-0.39, 0.29) is 12.1 Å². The van der Waals surface area contributed by atoms with Crippen molar-refractivity contribution in [2.24, 2.45) is 11.5 Å². The minimum Gasteiger partial charge on any atom is -0.329 e. The van der Waals surface area contributed by atoms with Gasteiger partial charge in [-0.3, -0.25) is 0 Å². The first-order valence-corrected chi connectivity index (χ1v) is 3.67. The number of halogens is 3. The van der Waals surface area contributed by atoms with E-state index in [1.54, 1.807) is 0 Å². The zero-order valence-corrected chi connectivity index (χ0v) is 6.73. The lowest BCUT2D eigenvalue weighted by atomic mass is 10.1. The van der Waals surface area contributed by atoms with Gasteiger partial charge in [-0.25, -0.2) is 13.2 Å². The van der Waals surface area contributed by atoms with Crippen molar-refractivity contribution >= 4 is 0 Å². The minimum atomic E-state index is -1.51. The third kappa shape index (κ3) is 1.81. The molecule has 0 amide bonds. The van der Waals surface area contributed by atoms with E-state index in [1.807, 2.05) is 0 Å². The third-order valence-electron chi connectivity index (χ3n) is 1.72.